The average Bonchev–Trinajstić information content (AvgIpc) is 2.80. The van der Waals surface area contributed by atoms with Crippen molar-refractivity contribution in [2.45, 2.75) is 13.0 Å². The highest BCUT2D eigenvalue weighted by Crippen LogP contribution is 2.39. The standard InChI is InChI=1S/C22H22FN3O6/c1-13(22(28)24-15-11-17(29-2)21(31-4)18(12-15)30-3)32-19-9-10-20(27)26(25-19)16-7-5-14(23)6-8-16/h5-13H,1-4H3,(H,24,28)/t13-/m0/s1. The molecule has 0 aliphatic carbocycles. The van der Waals surface area contributed by atoms with Gasteiger partial charge >= 0.3 is 0 Å². The van der Waals surface area contributed by atoms with Crippen molar-refractivity contribution in [3.05, 3.63) is 64.7 Å². The highest BCUT2D eigenvalue weighted by Gasteiger charge is 2.19. The lowest BCUT2D eigenvalue weighted by molar-refractivity contribution is -0.122. The van der Waals surface area contributed by atoms with Crippen LogP contribution in [0.15, 0.2) is 53.3 Å². The molecule has 32 heavy (non-hydrogen) atoms. The molecule has 0 spiro atoms. The first-order valence-corrected chi connectivity index (χ1v) is 9.50. The van der Waals surface area contributed by atoms with Crippen molar-refractivity contribution < 1.29 is 28.1 Å². The summed E-state index contributed by atoms with van der Waals surface area (Å²) >= 11 is 0. The van der Waals surface area contributed by atoms with Gasteiger partial charge in [0.15, 0.2) is 17.6 Å². The molecule has 1 atom stereocenters. The van der Waals surface area contributed by atoms with Crippen LogP contribution in [0.5, 0.6) is 23.1 Å². The summed E-state index contributed by atoms with van der Waals surface area (Å²) in [6.45, 7) is 1.53. The quantitative estimate of drug-likeness (QED) is 0.571. The molecule has 0 aliphatic heterocycles. The Bertz CT molecular complexity index is 1140. The Labute approximate surface area is 183 Å². The van der Waals surface area contributed by atoms with Gasteiger partial charge in [-0.1, -0.05) is 0 Å². The van der Waals surface area contributed by atoms with Crippen molar-refractivity contribution in [1.29, 1.82) is 0 Å². The number of rotatable bonds is 8. The number of ether oxygens (including phenoxy) is 4. The van der Waals surface area contributed by atoms with Crippen LogP contribution < -0.4 is 29.8 Å². The third-order valence-electron chi connectivity index (χ3n) is 4.45. The number of benzene rings is 2. The molecule has 9 nitrogen and oxygen atoms in total. The fraction of sp³-hybridized carbons (Fsp3) is 0.227. The summed E-state index contributed by atoms with van der Waals surface area (Å²) in [5.41, 5.74) is 0.332. The molecule has 1 amide bonds. The summed E-state index contributed by atoms with van der Waals surface area (Å²) in [5, 5.41) is 6.81. The lowest BCUT2D eigenvalue weighted by Gasteiger charge is -2.17. The number of anilines is 1. The van der Waals surface area contributed by atoms with E-state index in [1.54, 1.807) is 12.1 Å². The lowest BCUT2D eigenvalue weighted by Crippen LogP contribution is -2.31. The number of carbonyl (C=O) groups is 1. The van der Waals surface area contributed by atoms with Crippen molar-refractivity contribution in [2.24, 2.45) is 0 Å². The van der Waals surface area contributed by atoms with Gasteiger partial charge in [0.2, 0.25) is 11.6 Å². The highest BCUT2D eigenvalue weighted by atomic mass is 19.1. The molecule has 0 unspecified atom stereocenters. The number of nitrogens with one attached hydrogen (secondary N) is 1. The molecule has 3 aromatic rings. The maximum Gasteiger partial charge on any atom is 0.271 e. The van der Waals surface area contributed by atoms with Gasteiger partial charge in [-0.15, -0.1) is 5.10 Å². The maximum absolute atomic E-state index is 13.2. The van der Waals surface area contributed by atoms with Crippen molar-refractivity contribution >= 4 is 11.6 Å². The number of halogens is 1. The minimum atomic E-state index is -0.958. The van der Waals surface area contributed by atoms with Crippen LogP contribution in [0, 0.1) is 5.82 Å². The fourth-order valence-electron chi connectivity index (χ4n) is 2.86. The smallest absolute Gasteiger partial charge is 0.271 e. The molecule has 0 radical (unpaired) electrons. The summed E-state index contributed by atoms with van der Waals surface area (Å²) in [6, 6.07) is 11.0. The van der Waals surface area contributed by atoms with E-state index < -0.39 is 23.4 Å². The molecule has 0 fully saturated rings. The van der Waals surface area contributed by atoms with Crippen LogP contribution >= 0.6 is 0 Å². The normalized spacial score (nSPS) is 11.4. The van der Waals surface area contributed by atoms with E-state index in [2.05, 4.69) is 10.4 Å². The Morgan fingerprint density at radius 3 is 2.19 bits per heavy atom. The van der Waals surface area contributed by atoms with Gasteiger partial charge in [-0.25, -0.2) is 4.39 Å². The first-order valence-electron chi connectivity index (χ1n) is 9.50. The first kappa shape index (κ1) is 22.6. The number of amides is 1. The Kier molecular flexibility index (Phi) is 6.93. The van der Waals surface area contributed by atoms with Crippen LogP contribution in [0.25, 0.3) is 5.69 Å². The largest absolute Gasteiger partial charge is 0.493 e. The Hall–Kier alpha value is -4.08. The van der Waals surface area contributed by atoms with Gasteiger partial charge in [-0.05, 0) is 31.2 Å². The van der Waals surface area contributed by atoms with Crippen LogP contribution in [0.4, 0.5) is 10.1 Å². The van der Waals surface area contributed by atoms with Gasteiger partial charge in [0.1, 0.15) is 5.82 Å². The van der Waals surface area contributed by atoms with E-state index in [0.717, 1.165) is 4.68 Å². The molecule has 1 heterocycles. The predicted molar refractivity (Wildman–Crippen MR) is 115 cm³/mol. The summed E-state index contributed by atoms with van der Waals surface area (Å²) < 4.78 is 35.6. The molecule has 0 aliphatic rings. The molecule has 1 N–H and O–H groups in total. The fourth-order valence-corrected chi connectivity index (χ4v) is 2.86. The van der Waals surface area contributed by atoms with Gasteiger partial charge in [-0.2, -0.15) is 4.68 Å². The summed E-state index contributed by atoms with van der Waals surface area (Å²) in [6.07, 6.45) is -0.958. The second-order valence-corrected chi connectivity index (χ2v) is 6.56. The van der Waals surface area contributed by atoms with E-state index in [4.69, 9.17) is 18.9 Å². The SMILES string of the molecule is COc1cc(NC(=O)[C@H](C)Oc2ccc(=O)n(-c3ccc(F)cc3)n2)cc(OC)c1OC. The number of hydrogen-bond donors (Lipinski definition) is 1. The Balaban J connectivity index is 1.77. The Morgan fingerprint density at radius 2 is 1.62 bits per heavy atom. The summed E-state index contributed by atoms with van der Waals surface area (Å²) in [5.74, 6) is 0.283. The minimum Gasteiger partial charge on any atom is -0.493 e. The van der Waals surface area contributed by atoms with Gasteiger partial charge in [-0.3, -0.25) is 9.59 Å². The molecule has 3 rings (SSSR count). The van der Waals surface area contributed by atoms with Crippen LogP contribution in [0.3, 0.4) is 0 Å². The number of hydrogen-bond acceptors (Lipinski definition) is 7. The van der Waals surface area contributed by atoms with E-state index in [1.807, 2.05) is 0 Å². The van der Waals surface area contributed by atoms with Crippen LogP contribution in [0.2, 0.25) is 0 Å². The molecule has 10 heteroatoms. The first-order chi connectivity index (χ1) is 15.4. The van der Waals surface area contributed by atoms with Crippen molar-refractivity contribution in [1.82, 2.24) is 9.78 Å². The zero-order valence-corrected chi connectivity index (χ0v) is 17.9. The lowest BCUT2D eigenvalue weighted by atomic mass is 10.2. The third kappa shape index (κ3) is 4.97. The van der Waals surface area contributed by atoms with E-state index in [0.29, 0.717) is 28.6 Å². The van der Waals surface area contributed by atoms with E-state index in [9.17, 15) is 14.0 Å². The van der Waals surface area contributed by atoms with E-state index in [-0.39, 0.29) is 5.88 Å². The van der Waals surface area contributed by atoms with Crippen molar-refractivity contribution in [3.8, 4) is 28.8 Å². The monoisotopic (exact) mass is 443 g/mol. The topological polar surface area (TPSA) is 101 Å². The van der Waals surface area contributed by atoms with Crippen LogP contribution in [-0.2, 0) is 4.79 Å². The van der Waals surface area contributed by atoms with Crippen LogP contribution in [0.1, 0.15) is 6.92 Å². The van der Waals surface area contributed by atoms with Gasteiger partial charge in [0.05, 0.1) is 27.0 Å². The number of nitrogens with zero attached hydrogens (tertiary/aromatic N) is 2. The highest BCUT2D eigenvalue weighted by molar-refractivity contribution is 5.94. The molecular weight excluding hydrogens is 421 g/mol. The minimum absolute atomic E-state index is 0.0430. The molecule has 168 valence electrons. The molecule has 0 bridgehead atoms. The van der Waals surface area contributed by atoms with E-state index >= 15 is 0 Å². The number of methoxy groups -OCH3 is 3. The predicted octanol–water partition coefficient (Wildman–Crippen LogP) is 2.80. The van der Waals surface area contributed by atoms with Crippen molar-refractivity contribution in [2.75, 3.05) is 26.6 Å². The van der Waals surface area contributed by atoms with Gasteiger partial charge < -0.3 is 24.3 Å². The summed E-state index contributed by atoms with van der Waals surface area (Å²) in [4.78, 5) is 24.8. The molecular formula is C22H22FN3O6. The third-order valence-corrected chi connectivity index (χ3v) is 4.45. The molecule has 0 saturated heterocycles. The second-order valence-electron chi connectivity index (χ2n) is 6.56. The Morgan fingerprint density at radius 1 is 1.00 bits per heavy atom. The zero-order valence-electron chi connectivity index (χ0n) is 17.9. The van der Waals surface area contributed by atoms with Crippen molar-refractivity contribution in [3.63, 3.8) is 0 Å². The van der Waals surface area contributed by atoms with Crippen LogP contribution in [-0.4, -0.2) is 43.1 Å². The maximum atomic E-state index is 13.2. The molecule has 2 aromatic carbocycles. The van der Waals surface area contributed by atoms with E-state index in [1.165, 1.54) is 64.7 Å². The number of carbonyl (C=O) groups excluding carboxylic acids is 1. The average molecular weight is 443 g/mol. The van der Waals surface area contributed by atoms with Gasteiger partial charge in [0.25, 0.3) is 11.5 Å². The number of aromatic nitrogens is 2. The molecule has 0 saturated carbocycles. The van der Waals surface area contributed by atoms with Gasteiger partial charge in [0, 0.05) is 30.0 Å². The summed E-state index contributed by atoms with van der Waals surface area (Å²) in [7, 11) is 4.42. The zero-order chi connectivity index (χ0) is 23.3. The second kappa shape index (κ2) is 9.82. The molecule has 1 aromatic heterocycles.